The van der Waals surface area contributed by atoms with Gasteiger partial charge in [-0.05, 0) is 29.7 Å². The van der Waals surface area contributed by atoms with Gasteiger partial charge >= 0.3 is 0 Å². The summed E-state index contributed by atoms with van der Waals surface area (Å²) in [6.45, 7) is 6.68. The maximum Gasteiger partial charge on any atom is 0.237 e. The van der Waals surface area contributed by atoms with Gasteiger partial charge in [-0.25, -0.2) is 0 Å². The second-order valence-electron chi connectivity index (χ2n) is 5.44. The van der Waals surface area contributed by atoms with E-state index in [4.69, 9.17) is 10.5 Å². The molecular weight excluding hydrogens is 308 g/mol. The minimum Gasteiger partial charge on any atom is -0.492 e. The summed E-state index contributed by atoms with van der Waals surface area (Å²) in [6.07, 6.45) is 0. The third-order valence-electron chi connectivity index (χ3n) is 2.70. The van der Waals surface area contributed by atoms with Crippen LogP contribution in [-0.2, 0) is 4.79 Å². The van der Waals surface area contributed by atoms with E-state index >= 15 is 0 Å². The molecule has 0 saturated carbocycles. The average Bonchev–Trinajstić information content (AvgIpc) is 2.34. The number of hydrogen-bond acceptors (Lipinski definition) is 3. The lowest BCUT2D eigenvalue weighted by Crippen LogP contribution is -2.49. The third kappa shape index (κ3) is 5.61. The predicted molar refractivity (Wildman–Crippen MR) is 80.1 cm³/mol. The van der Waals surface area contributed by atoms with Gasteiger partial charge in [0.25, 0.3) is 0 Å². The topological polar surface area (TPSA) is 64.4 Å². The number of nitrogens with two attached hydrogens (primary N) is 1. The van der Waals surface area contributed by atoms with Crippen molar-refractivity contribution in [3.8, 4) is 5.75 Å². The van der Waals surface area contributed by atoms with Crippen LogP contribution in [0.4, 0.5) is 0 Å². The molecule has 19 heavy (non-hydrogen) atoms. The van der Waals surface area contributed by atoms with Crippen LogP contribution >= 0.6 is 15.9 Å². The average molecular weight is 329 g/mol. The van der Waals surface area contributed by atoms with Gasteiger partial charge in [0.05, 0.1) is 12.6 Å². The standard InChI is InChI=1S/C14H21BrN2O2/c1-14(2,3)12(16)13(18)17-8-9-19-11-6-4-10(15)5-7-11/h4-7,12H,8-9,16H2,1-3H3,(H,17,18)/t12-/m1/s1. The molecule has 1 aromatic carbocycles. The predicted octanol–water partition coefficient (Wildman–Crippen LogP) is 2.32. The second kappa shape index (κ2) is 6.91. The Balaban J connectivity index is 2.28. The van der Waals surface area contributed by atoms with Gasteiger partial charge in [-0.2, -0.15) is 0 Å². The normalized spacial score (nSPS) is 12.9. The van der Waals surface area contributed by atoms with E-state index in [-0.39, 0.29) is 11.3 Å². The van der Waals surface area contributed by atoms with Crippen LogP contribution in [0.3, 0.4) is 0 Å². The summed E-state index contributed by atoms with van der Waals surface area (Å²) in [5, 5.41) is 2.77. The molecule has 1 atom stereocenters. The van der Waals surface area contributed by atoms with E-state index in [0.29, 0.717) is 13.2 Å². The smallest absolute Gasteiger partial charge is 0.237 e. The Morgan fingerprint density at radius 3 is 2.47 bits per heavy atom. The zero-order chi connectivity index (χ0) is 14.5. The van der Waals surface area contributed by atoms with E-state index in [1.165, 1.54) is 0 Å². The SMILES string of the molecule is CC(C)(C)[C@H](N)C(=O)NCCOc1ccc(Br)cc1. The summed E-state index contributed by atoms with van der Waals surface area (Å²) < 4.78 is 6.50. The van der Waals surface area contributed by atoms with Crippen LogP contribution in [0.1, 0.15) is 20.8 Å². The monoisotopic (exact) mass is 328 g/mol. The summed E-state index contributed by atoms with van der Waals surface area (Å²) in [5.74, 6) is 0.629. The zero-order valence-corrected chi connectivity index (χ0v) is 13.2. The number of hydrogen-bond donors (Lipinski definition) is 2. The van der Waals surface area contributed by atoms with Gasteiger partial charge in [-0.1, -0.05) is 36.7 Å². The molecule has 0 heterocycles. The first kappa shape index (κ1) is 16.0. The van der Waals surface area contributed by atoms with Crippen molar-refractivity contribution in [1.82, 2.24) is 5.32 Å². The summed E-state index contributed by atoms with van der Waals surface area (Å²) in [6, 6.07) is 7.03. The largest absolute Gasteiger partial charge is 0.492 e. The van der Waals surface area contributed by atoms with Crippen molar-refractivity contribution < 1.29 is 9.53 Å². The number of carbonyl (C=O) groups excluding carboxylic acids is 1. The molecule has 4 nitrogen and oxygen atoms in total. The highest BCUT2D eigenvalue weighted by molar-refractivity contribution is 9.10. The molecule has 0 fully saturated rings. The molecule has 0 aliphatic heterocycles. The van der Waals surface area contributed by atoms with Gasteiger partial charge in [-0.3, -0.25) is 4.79 Å². The van der Waals surface area contributed by atoms with Crippen molar-refractivity contribution in [2.75, 3.05) is 13.2 Å². The number of benzene rings is 1. The number of amides is 1. The van der Waals surface area contributed by atoms with Gasteiger partial charge in [0.2, 0.25) is 5.91 Å². The maximum absolute atomic E-state index is 11.7. The number of rotatable bonds is 5. The van der Waals surface area contributed by atoms with E-state index in [1.54, 1.807) is 0 Å². The van der Waals surface area contributed by atoms with E-state index in [9.17, 15) is 4.79 Å². The van der Waals surface area contributed by atoms with Crippen LogP contribution in [0.2, 0.25) is 0 Å². The van der Waals surface area contributed by atoms with Crippen LogP contribution < -0.4 is 15.8 Å². The number of nitrogens with one attached hydrogen (secondary N) is 1. The molecule has 106 valence electrons. The van der Waals surface area contributed by atoms with Gasteiger partial charge in [0.15, 0.2) is 0 Å². The molecule has 0 aliphatic carbocycles. The van der Waals surface area contributed by atoms with E-state index in [2.05, 4.69) is 21.2 Å². The quantitative estimate of drug-likeness (QED) is 0.815. The van der Waals surface area contributed by atoms with Gasteiger partial charge < -0.3 is 15.8 Å². The van der Waals surface area contributed by atoms with E-state index in [1.807, 2.05) is 45.0 Å². The van der Waals surface area contributed by atoms with Gasteiger partial charge in [0.1, 0.15) is 12.4 Å². The van der Waals surface area contributed by atoms with Crippen LogP contribution in [0.15, 0.2) is 28.7 Å². The summed E-state index contributed by atoms with van der Waals surface area (Å²) >= 11 is 3.35. The van der Waals surface area contributed by atoms with Crippen molar-refractivity contribution in [2.45, 2.75) is 26.8 Å². The Hall–Kier alpha value is -1.07. The molecule has 1 rings (SSSR count). The molecule has 5 heteroatoms. The van der Waals surface area contributed by atoms with Crippen LogP contribution in [0.25, 0.3) is 0 Å². The van der Waals surface area contributed by atoms with Crippen molar-refractivity contribution in [2.24, 2.45) is 11.1 Å². The molecular formula is C14H21BrN2O2. The van der Waals surface area contributed by atoms with E-state index < -0.39 is 6.04 Å². The molecule has 3 N–H and O–H groups in total. The van der Waals surface area contributed by atoms with Crippen LogP contribution in [0.5, 0.6) is 5.75 Å². The fourth-order valence-electron chi connectivity index (χ4n) is 1.38. The third-order valence-corrected chi connectivity index (χ3v) is 3.23. The highest BCUT2D eigenvalue weighted by Crippen LogP contribution is 2.17. The molecule has 0 spiro atoms. The fourth-order valence-corrected chi connectivity index (χ4v) is 1.64. The fraction of sp³-hybridized carbons (Fsp3) is 0.500. The second-order valence-corrected chi connectivity index (χ2v) is 6.35. The van der Waals surface area contributed by atoms with Crippen molar-refractivity contribution in [3.05, 3.63) is 28.7 Å². The molecule has 1 amide bonds. The molecule has 0 radical (unpaired) electrons. The summed E-state index contributed by atoms with van der Waals surface area (Å²) in [7, 11) is 0. The van der Waals surface area contributed by atoms with Crippen LogP contribution in [-0.4, -0.2) is 25.1 Å². The lowest BCUT2D eigenvalue weighted by atomic mass is 9.87. The van der Waals surface area contributed by atoms with Gasteiger partial charge in [-0.15, -0.1) is 0 Å². The molecule has 1 aromatic rings. The molecule has 0 aromatic heterocycles. The Labute approximate surface area is 122 Å². The lowest BCUT2D eigenvalue weighted by Gasteiger charge is -2.25. The minimum atomic E-state index is -0.514. The Bertz CT molecular complexity index is 412. The first-order valence-corrected chi connectivity index (χ1v) is 7.01. The van der Waals surface area contributed by atoms with E-state index in [0.717, 1.165) is 10.2 Å². The van der Waals surface area contributed by atoms with Crippen molar-refractivity contribution >= 4 is 21.8 Å². The number of carbonyl (C=O) groups is 1. The van der Waals surface area contributed by atoms with Gasteiger partial charge in [0, 0.05) is 4.47 Å². The minimum absolute atomic E-state index is 0.146. The zero-order valence-electron chi connectivity index (χ0n) is 11.6. The Morgan fingerprint density at radius 2 is 1.95 bits per heavy atom. The first-order chi connectivity index (χ1) is 8.80. The number of ether oxygens (including phenoxy) is 1. The highest BCUT2D eigenvalue weighted by atomic mass is 79.9. The lowest BCUT2D eigenvalue weighted by molar-refractivity contribution is -0.124. The summed E-state index contributed by atoms with van der Waals surface area (Å²) in [4.78, 5) is 11.7. The van der Waals surface area contributed by atoms with Crippen LogP contribution in [0, 0.1) is 5.41 Å². The molecule has 0 saturated heterocycles. The van der Waals surface area contributed by atoms with Crippen molar-refractivity contribution in [1.29, 1.82) is 0 Å². The number of halogens is 1. The maximum atomic E-state index is 11.7. The molecule has 0 unspecified atom stereocenters. The Morgan fingerprint density at radius 1 is 1.37 bits per heavy atom. The Kier molecular flexibility index (Phi) is 5.82. The molecule has 0 bridgehead atoms. The summed E-state index contributed by atoms with van der Waals surface area (Å²) in [5.41, 5.74) is 5.61. The molecule has 0 aliphatic rings. The van der Waals surface area contributed by atoms with Crippen molar-refractivity contribution in [3.63, 3.8) is 0 Å². The first-order valence-electron chi connectivity index (χ1n) is 6.22. The highest BCUT2D eigenvalue weighted by Gasteiger charge is 2.26.